The zero-order valence-corrected chi connectivity index (χ0v) is 16.7. The fourth-order valence-electron chi connectivity index (χ4n) is 4.33. The zero-order valence-electron chi connectivity index (χ0n) is 16.7. The molecule has 5 nitrogen and oxygen atoms in total. The number of nitrogens with zero attached hydrogens (tertiary/aromatic N) is 2. The summed E-state index contributed by atoms with van der Waals surface area (Å²) < 4.78 is 5.19. The van der Waals surface area contributed by atoms with Crippen LogP contribution in [0.2, 0.25) is 0 Å². The fraction of sp³-hybridized carbons (Fsp3) is 0.636. The van der Waals surface area contributed by atoms with Crippen LogP contribution in [0.3, 0.4) is 0 Å². The molecular formula is C22H32N2O3. The van der Waals surface area contributed by atoms with Crippen LogP contribution >= 0.6 is 0 Å². The number of amides is 2. The Balaban J connectivity index is 1.54. The largest absolute Gasteiger partial charge is 0.497 e. The minimum Gasteiger partial charge on any atom is -0.497 e. The van der Waals surface area contributed by atoms with Crippen molar-refractivity contribution < 1.29 is 14.3 Å². The maximum absolute atomic E-state index is 13.0. The van der Waals surface area contributed by atoms with Gasteiger partial charge in [-0.3, -0.25) is 9.59 Å². The summed E-state index contributed by atoms with van der Waals surface area (Å²) in [5.74, 6) is 1.19. The Hall–Kier alpha value is -2.04. The maximum Gasteiger partial charge on any atom is 0.227 e. The summed E-state index contributed by atoms with van der Waals surface area (Å²) in [6.07, 6.45) is 7.94. The summed E-state index contributed by atoms with van der Waals surface area (Å²) >= 11 is 0. The van der Waals surface area contributed by atoms with Crippen LogP contribution in [-0.2, 0) is 16.0 Å². The van der Waals surface area contributed by atoms with Crippen molar-refractivity contribution in [1.82, 2.24) is 9.80 Å². The van der Waals surface area contributed by atoms with E-state index in [2.05, 4.69) is 0 Å². The van der Waals surface area contributed by atoms with E-state index in [0.717, 1.165) is 25.0 Å². The highest BCUT2D eigenvalue weighted by Crippen LogP contribution is 2.26. The zero-order chi connectivity index (χ0) is 19.2. The van der Waals surface area contributed by atoms with Gasteiger partial charge in [0.1, 0.15) is 5.75 Å². The molecule has 0 N–H and O–H groups in total. The number of methoxy groups -OCH3 is 1. The lowest BCUT2D eigenvalue weighted by Crippen LogP contribution is -2.49. The van der Waals surface area contributed by atoms with Crippen LogP contribution in [0.1, 0.15) is 50.5 Å². The second kappa shape index (κ2) is 9.25. The first-order valence-corrected chi connectivity index (χ1v) is 10.3. The average Bonchev–Trinajstić information content (AvgIpc) is 2.73. The Morgan fingerprint density at radius 1 is 1.15 bits per heavy atom. The topological polar surface area (TPSA) is 49.9 Å². The lowest BCUT2D eigenvalue weighted by Gasteiger charge is -2.37. The molecule has 1 saturated heterocycles. The number of hydrogen-bond acceptors (Lipinski definition) is 3. The number of hydrogen-bond donors (Lipinski definition) is 0. The first kappa shape index (κ1) is 19.7. The van der Waals surface area contributed by atoms with E-state index in [0.29, 0.717) is 32.0 Å². The quantitative estimate of drug-likeness (QED) is 0.770. The van der Waals surface area contributed by atoms with Crippen LogP contribution in [0.25, 0.3) is 0 Å². The Bertz CT molecular complexity index is 637. The minimum absolute atomic E-state index is 0.0505. The average molecular weight is 373 g/mol. The number of carbonyl (C=O) groups is 2. The Morgan fingerprint density at radius 3 is 2.52 bits per heavy atom. The molecule has 1 aromatic carbocycles. The molecule has 2 fully saturated rings. The molecule has 1 aliphatic carbocycles. The van der Waals surface area contributed by atoms with Gasteiger partial charge in [0.05, 0.1) is 13.0 Å². The smallest absolute Gasteiger partial charge is 0.227 e. The Labute approximate surface area is 162 Å². The first-order chi connectivity index (χ1) is 13.1. The van der Waals surface area contributed by atoms with E-state index >= 15 is 0 Å². The normalized spacial score (nSPS) is 21.2. The monoisotopic (exact) mass is 372 g/mol. The van der Waals surface area contributed by atoms with Crippen molar-refractivity contribution in [2.24, 2.45) is 5.92 Å². The lowest BCUT2D eigenvalue weighted by molar-refractivity contribution is -0.143. The molecule has 3 rings (SSSR count). The van der Waals surface area contributed by atoms with E-state index in [4.69, 9.17) is 4.74 Å². The van der Waals surface area contributed by atoms with Crippen molar-refractivity contribution in [3.05, 3.63) is 29.8 Å². The number of rotatable bonds is 6. The van der Waals surface area contributed by atoms with E-state index in [1.807, 2.05) is 41.1 Å². The van der Waals surface area contributed by atoms with Crippen molar-refractivity contribution in [2.75, 3.05) is 27.2 Å². The third-order valence-corrected chi connectivity index (χ3v) is 6.15. The summed E-state index contributed by atoms with van der Waals surface area (Å²) in [6.45, 7) is 1.23. The third-order valence-electron chi connectivity index (χ3n) is 6.15. The highest BCUT2D eigenvalue weighted by Gasteiger charge is 2.33. The molecule has 1 aliphatic heterocycles. The maximum atomic E-state index is 13.0. The van der Waals surface area contributed by atoms with Gasteiger partial charge < -0.3 is 14.5 Å². The predicted octanol–water partition coefficient (Wildman–Crippen LogP) is 3.27. The number of carbonyl (C=O) groups excluding carboxylic acids is 2. The summed E-state index contributed by atoms with van der Waals surface area (Å²) in [7, 11) is 3.61. The number of piperidine rings is 1. The summed E-state index contributed by atoms with van der Waals surface area (Å²) in [5, 5.41) is 0. The molecule has 1 aromatic rings. The van der Waals surface area contributed by atoms with Gasteiger partial charge in [-0.1, -0.05) is 31.4 Å². The second-order valence-corrected chi connectivity index (χ2v) is 7.91. The molecule has 0 spiro atoms. The standard InChI is InChI=1S/C22H32N2O3/c1-23(19-6-4-3-5-7-19)22(26)18-10-13-21(25)24(16-18)15-14-17-8-11-20(27-2)12-9-17/h8-9,11-12,18-19H,3-7,10,13-16H2,1-2H3/t18-/m1/s1. The molecule has 2 aliphatic rings. The fourth-order valence-corrected chi connectivity index (χ4v) is 4.33. The second-order valence-electron chi connectivity index (χ2n) is 7.91. The Morgan fingerprint density at radius 2 is 1.85 bits per heavy atom. The number of likely N-dealkylation sites (tertiary alicyclic amines) is 1. The van der Waals surface area contributed by atoms with E-state index in [9.17, 15) is 9.59 Å². The van der Waals surface area contributed by atoms with Crippen molar-refractivity contribution in [3.63, 3.8) is 0 Å². The van der Waals surface area contributed by atoms with Crippen LogP contribution in [0, 0.1) is 5.92 Å². The molecule has 1 heterocycles. The number of ether oxygens (including phenoxy) is 1. The van der Waals surface area contributed by atoms with Crippen molar-refractivity contribution in [1.29, 1.82) is 0 Å². The van der Waals surface area contributed by atoms with Crippen LogP contribution in [-0.4, -0.2) is 54.9 Å². The Kier molecular flexibility index (Phi) is 6.75. The molecule has 0 bridgehead atoms. The molecule has 1 saturated carbocycles. The van der Waals surface area contributed by atoms with Gasteiger partial charge in [0.25, 0.3) is 0 Å². The molecular weight excluding hydrogens is 340 g/mol. The van der Waals surface area contributed by atoms with Gasteiger partial charge >= 0.3 is 0 Å². The SMILES string of the molecule is COc1ccc(CCN2C[C@H](C(=O)N(C)C3CCCCC3)CCC2=O)cc1. The van der Waals surface area contributed by atoms with Crippen molar-refractivity contribution >= 4 is 11.8 Å². The van der Waals surface area contributed by atoms with Gasteiger partial charge in [0.15, 0.2) is 0 Å². The van der Waals surface area contributed by atoms with E-state index < -0.39 is 0 Å². The van der Waals surface area contributed by atoms with Gasteiger partial charge in [0.2, 0.25) is 11.8 Å². The van der Waals surface area contributed by atoms with Gasteiger partial charge in [0, 0.05) is 32.6 Å². The van der Waals surface area contributed by atoms with E-state index in [1.165, 1.54) is 24.8 Å². The highest BCUT2D eigenvalue weighted by atomic mass is 16.5. The van der Waals surface area contributed by atoms with Crippen LogP contribution in [0.4, 0.5) is 0 Å². The van der Waals surface area contributed by atoms with Crippen LogP contribution in [0.5, 0.6) is 5.75 Å². The molecule has 0 unspecified atom stereocenters. The highest BCUT2D eigenvalue weighted by molar-refractivity contribution is 5.84. The molecule has 1 atom stereocenters. The van der Waals surface area contributed by atoms with Gasteiger partial charge in [-0.25, -0.2) is 0 Å². The summed E-state index contributed by atoms with van der Waals surface area (Å²) in [6, 6.07) is 8.34. The number of benzene rings is 1. The molecule has 0 radical (unpaired) electrons. The van der Waals surface area contributed by atoms with Crippen LogP contribution < -0.4 is 4.74 Å². The van der Waals surface area contributed by atoms with Crippen LogP contribution in [0.15, 0.2) is 24.3 Å². The summed E-state index contributed by atoms with van der Waals surface area (Å²) in [5.41, 5.74) is 1.18. The summed E-state index contributed by atoms with van der Waals surface area (Å²) in [4.78, 5) is 29.2. The van der Waals surface area contributed by atoms with Gasteiger partial charge in [-0.2, -0.15) is 0 Å². The molecule has 148 valence electrons. The van der Waals surface area contributed by atoms with Gasteiger partial charge in [-0.15, -0.1) is 0 Å². The molecule has 27 heavy (non-hydrogen) atoms. The third kappa shape index (κ3) is 5.02. The minimum atomic E-state index is -0.0505. The predicted molar refractivity (Wildman–Crippen MR) is 106 cm³/mol. The van der Waals surface area contributed by atoms with Gasteiger partial charge in [-0.05, 0) is 43.4 Å². The molecule has 5 heteroatoms. The molecule has 0 aromatic heterocycles. The van der Waals surface area contributed by atoms with E-state index in [1.54, 1.807) is 7.11 Å². The lowest BCUT2D eigenvalue weighted by atomic mass is 9.91. The van der Waals surface area contributed by atoms with Crippen molar-refractivity contribution in [3.8, 4) is 5.75 Å². The van der Waals surface area contributed by atoms with E-state index in [-0.39, 0.29) is 17.7 Å². The van der Waals surface area contributed by atoms with Crippen molar-refractivity contribution in [2.45, 2.75) is 57.4 Å². The molecule has 2 amide bonds. The first-order valence-electron chi connectivity index (χ1n) is 10.3.